The third kappa shape index (κ3) is 5.55. The number of aliphatic imine (C=N–C) groups is 1. The van der Waals surface area contributed by atoms with Crippen molar-refractivity contribution in [1.29, 1.82) is 0 Å². The summed E-state index contributed by atoms with van der Waals surface area (Å²) in [5.74, 6) is 2.73. The molecule has 28 heavy (non-hydrogen) atoms. The number of aromatic nitrogens is 1. The van der Waals surface area contributed by atoms with Crippen LogP contribution in [0.1, 0.15) is 44.9 Å². The van der Waals surface area contributed by atoms with Crippen molar-refractivity contribution in [3.05, 3.63) is 35.5 Å². The van der Waals surface area contributed by atoms with Gasteiger partial charge in [0.2, 0.25) is 11.6 Å². The molecule has 3 N–H and O–H groups in total. The summed E-state index contributed by atoms with van der Waals surface area (Å²) < 4.78 is 16.2. The van der Waals surface area contributed by atoms with Gasteiger partial charge in [-0.05, 0) is 24.6 Å². The summed E-state index contributed by atoms with van der Waals surface area (Å²) in [7, 11) is 2.99. The van der Waals surface area contributed by atoms with E-state index in [1.807, 2.05) is 6.92 Å². The first-order valence-electron chi connectivity index (χ1n) is 9.19. The van der Waals surface area contributed by atoms with E-state index in [-0.39, 0.29) is 11.2 Å². The molecule has 0 unspecified atom stereocenters. The van der Waals surface area contributed by atoms with Crippen molar-refractivity contribution in [1.82, 2.24) is 15.6 Å². The standard InChI is InChI=1S/C20H30N4O4/c1-7-21-19(24-12-17-22-11-16(28-17)20(2,3)4)23-10-13-8-14(26-5)18(25)15(9-13)27-6/h8-9,11,25H,7,10,12H2,1-6H3,(H2,21,23,24). The number of nitrogens with one attached hydrogen (secondary N) is 2. The highest BCUT2D eigenvalue weighted by molar-refractivity contribution is 5.79. The Hall–Kier alpha value is -2.90. The quantitative estimate of drug-likeness (QED) is 0.493. The molecule has 0 amide bonds. The number of phenolic OH excluding ortho intramolecular Hbond substituents is 1. The number of aromatic hydroxyl groups is 1. The molecule has 2 rings (SSSR count). The van der Waals surface area contributed by atoms with Crippen molar-refractivity contribution in [3.8, 4) is 17.2 Å². The predicted molar refractivity (Wildman–Crippen MR) is 108 cm³/mol. The number of guanidine groups is 1. The van der Waals surface area contributed by atoms with Gasteiger partial charge in [0.05, 0.1) is 33.5 Å². The Labute approximate surface area is 166 Å². The minimum atomic E-state index is -0.0825. The summed E-state index contributed by atoms with van der Waals surface area (Å²) >= 11 is 0. The molecule has 0 saturated heterocycles. The summed E-state index contributed by atoms with van der Waals surface area (Å²) in [5, 5.41) is 16.4. The van der Waals surface area contributed by atoms with Gasteiger partial charge < -0.3 is 29.6 Å². The second-order valence-electron chi connectivity index (χ2n) is 7.27. The summed E-state index contributed by atoms with van der Waals surface area (Å²) in [5.41, 5.74) is 0.760. The highest BCUT2D eigenvalue weighted by Crippen LogP contribution is 2.37. The normalized spacial score (nSPS) is 12.0. The highest BCUT2D eigenvalue weighted by Gasteiger charge is 2.19. The Bertz CT molecular complexity index is 784. The van der Waals surface area contributed by atoms with Gasteiger partial charge in [-0.1, -0.05) is 20.8 Å². The minimum absolute atomic E-state index is 0.0266. The largest absolute Gasteiger partial charge is 0.502 e. The lowest BCUT2D eigenvalue weighted by Crippen LogP contribution is -2.36. The van der Waals surface area contributed by atoms with Gasteiger partial charge in [0.1, 0.15) is 5.76 Å². The molecule has 1 heterocycles. The van der Waals surface area contributed by atoms with Crippen molar-refractivity contribution in [2.24, 2.45) is 4.99 Å². The minimum Gasteiger partial charge on any atom is -0.502 e. The van der Waals surface area contributed by atoms with E-state index in [2.05, 4.69) is 41.4 Å². The fourth-order valence-corrected chi connectivity index (χ4v) is 2.45. The van der Waals surface area contributed by atoms with E-state index in [9.17, 15) is 5.11 Å². The fourth-order valence-electron chi connectivity index (χ4n) is 2.45. The van der Waals surface area contributed by atoms with Crippen LogP contribution >= 0.6 is 0 Å². The van der Waals surface area contributed by atoms with Crippen LogP contribution < -0.4 is 20.1 Å². The van der Waals surface area contributed by atoms with Gasteiger partial charge in [-0.15, -0.1) is 0 Å². The second-order valence-corrected chi connectivity index (χ2v) is 7.27. The SMILES string of the molecule is CCNC(=NCc1cc(OC)c(O)c(OC)c1)NCc1ncc(C(C)(C)C)o1. The molecule has 0 aliphatic heterocycles. The molecule has 0 fully saturated rings. The molecular formula is C20H30N4O4. The number of methoxy groups -OCH3 is 2. The van der Waals surface area contributed by atoms with Crippen LogP contribution in [0, 0.1) is 0 Å². The number of rotatable bonds is 7. The van der Waals surface area contributed by atoms with Gasteiger partial charge in [-0.25, -0.2) is 9.98 Å². The zero-order chi connectivity index (χ0) is 20.7. The van der Waals surface area contributed by atoms with Gasteiger partial charge in [0.25, 0.3) is 0 Å². The van der Waals surface area contributed by atoms with Crippen LogP contribution in [0.15, 0.2) is 27.7 Å². The Morgan fingerprint density at radius 2 is 1.82 bits per heavy atom. The topological polar surface area (TPSA) is 101 Å². The van der Waals surface area contributed by atoms with Crippen LogP contribution in [-0.4, -0.2) is 36.8 Å². The summed E-state index contributed by atoms with van der Waals surface area (Å²) in [6, 6.07) is 3.46. The third-order valence-corrected chi connectivity index (χ3v) is 4.00. The average Bonchev–Trinajstić information content (AvgIpc) is 3.14. The van der Waals surface area contributed by atoms with E-state index in [0.717, 1.165) is 11.3 Å². The molecule has 0 spiro atoms. The van der Waals surface area contributed by atoms with Crippen LogP contribution in [-0.2, 0) is 18.5 Å². The second kappa shape index (κ2) is 9.34. The Morgan fingerprint density at radius 1 is 1.18 bits per heavy atom. The van der Waals surface area contributed by atoms with E-state index in [0.29, 0.717) is 43.0 Å². The molecule has 2 aromatic rings. The summed E-state index contributed by atoms with van der Waals surface area (Å²) in [4.78, 5) is 8.88. The van der Waals surface area contributed by atoms with Gasteiger partial charge in [-0.3, -0.25) is 0 Å². The number of ether oxygens (including phenoxy) is 2. The molecule has 8 nitrogen and oxygen atoms in total. The Morgan fingerprint density at radius 3 is 2.32 bits per heavy atom. The smallest absolute Gasteiger partial charge is 0.213 e. The number of phenols is 1. The van der Waals surface area contributed by atoms with Crippen LogP contribution in [0.4, 0.5) is 0 Å². The van der Waals surface area contributed by atoms with E-state index in [1.54, 1.807) is 18.3 Å². The first kappa shape index (κ1) is 21.4. The average molecular weight is 390 g/mol. The maximum atomic E-state index is 10.0. The first-order valence-corrected chi connectivity index (χ1v) is 9.19. The molecule has 0 radical (unpaired) electrons. The third-order valence-electron chi connectivity index (χ3n) is 4.00. The van der Waals surface area contributed by atoms with Crippen LogP contribution in [0.25, 0.3) is 0 Å². The van der Waals surface area contributed by atoms with Crippen molar-refractivity contribution in [2.75, 3.05) is 20.8 Å². The maximum absolute atomic E-state index is 10.0. The molecule has 0 atom stereocenters. The maximum Gasteiger partial charge on any atom is 0.213 e. The van der Waals surface area contributed by atoms with Crippen molar-refractivity contribution in [3.63, 3.8) is 0 Å². The Balaban J connectivity index is 2.09. The monoisotopic (exact) mass is 390 g/mol. The lowest BCUT2D eigenvalue weighted by atomic mass is 9.94. The van der Waals surface area contributed by atoms with Crippen LogP contribution in [0.3, 0.4) is 0 Å². The van der Waals surface area contributed by atoms with E-state index < -0.39 is 0 Å². The van der Waals surface area contributed by atoms with Crippen LogP contribution in [0.2, 0.25) is 0 Å². The molecule has 1 aromatic carbocycles. The molecule has 154 valence electrons. The van der Waals surface area contributed by atoms with Gasteiger partial charge in [0.15, 0.2) is 17.5 Å². The molecular weight excluding hydrogens is 360 g/mol. The summed E-state index contributed by atoms with van der Waals surface area (Å²) in [6.07, 6.45) is 1.76. The molecule has 0 bridgehead atoms. The summed E-state index contributed by atoms with van der Waals surface area (Å²) in [6.45, 7) is 9.74. The number of hydrogen-bond acceptors (Lipinski definition) is 6. The molecule has 0 aliphatic rings. The highest BCUT2D eigenvalue weighted by atomic mass is 16.5. The zero-order valence-electron chi connectivity index (χ0n) is 17.4. The number of hydrogen-bond donors (Lipinski definition) is 3. The Kier molecular flexibility index (Phi) is 7.14. The van der Waals surface area contributed by atoms with E-state index in [4.69, 9.17) is 13.9 Å². The van der Waals surface area contributed by atoms with Crippen molar-refractivity contribution < 1.29 is 19.0 Å². The van der Waals surface area contributed by atoms with E-state index in [1.165, 1.54) is 14.2 Å². The fraction of sp³-hybridized carbons (Fsp3) is 0.500. The number of oxazole rings is 1. The van der Waals surface area contributed by atoms with Gasteiger partial charge in [-0.2, -0.15) is 0 Å². The van der Waals surface area contributed by atoms with Crippen molar-refractivity contribution in [2.45, 2.75) is 46.2 Å². The number of benzene rings is 1. The van der Waals surface area contributed by atoms with Gasteiger partial charge >= 0.3 is 0 Å². The lowest BCUT2D eigenvalue weighted by molar-refractivity contribution is 0.339. The predicted octanol–water partition coefficient (Wildman–Crippen LogP) is 2.95. The number of nitrogens with zero attached hydrogens (tertiary/aromatic N) is 2. The first-order chi connectivity index (χ1) is 13.3. The van der Waals surface area contributed by atoms with Crippen molar-refractivity contribution >= 4 is 5.96 Å². The zero-order valence-corrected chi connectivity index (χ0v) is 17.4. The molecule has 0 saturated carbocycles. The molecule has 8 heteroatoms. The van der Waals surface area contributed by atoms with Gasteiger partial charge in [0, 0.05) is 12.0 Å². The lowest BCUT2D eigenvalue weighted by Gasteiger charge is -2.13. The van der Waals surface area contributed by atoms with Crippen LogP contribution in [0.5, 0.6) is 17.2 Å². The molecule has 1 aromatic heterocycles. The molecule has 0 aliphatic carbocycles. The van der Waals surface area contributed by atoms with E-state index >= 15 is 0 Å².